The van der Waals surface area contributed by atoms with Crippen molar-refractivity contribution in [3.8, 4) is 0 Å². The van der Waals surface area contributed by atoms with Gasteiger partial charge >= 0.3 is 5.97 Å². The van der Waals surface area contributed by atoms with Gasteiger partial charge in [0.25, 0.3) is 0 Å². The van der Waals surface area contributed by atoms with Crippen LogP contribution in [0.5, 0.6) is 0 Å². The molecule has 0 radical (unpaired) electrons. The van der Waals surface area contributed by atoms with E-state index in [1.54, 1.807) is 0 Å². The van der Waals surface area contributed by atoms with Crippen molar-refractivity contribution in [3.63, 3.8) is 0 Å². The fourth-order valence-corrected chi connectivity index (χ4v) is 3.10. The molecule has 5 heteroatoms. The van der Waals surface area contributed by atoms with Crippen LogP contribution in [0.15, 0.2) is 18.2 Å². The van der Waals surface area contributed by atoms with Crippen LogP contribution in [0.1, 0.15) is 45.1 Å². The van der Waals surface area contributed by atoms with Gasteiger partial charge < -0.3 is 9.47 Å². The molecule has 0 bridgehead atoms. The quantitative estimate of drug-likeness (QED) is 0.524. The molecule has 1 saturated heterocycles. The molecule has 122 valence electrons. The van der Waals surface area contributed by atoms with Crippen molar-refractivity contribution in [1.82, 2.24) is 0 Å². The van der Waals surface area contributed by atoms with E-state index in [9.17, 15) is 4.79 Å². The number of hydrogen-bond acceptors (Lipinski definition) is 3. The van der Waals surface area contributed by atoms with E-state index >= 15 is 0 Å². The van der Waals surface area contributed by atoms with E-state index in [0.29, 0.717) is 29.7 Å². The largest absolute Gasteiger partial charge is 0.462 e. The van der Waals surface area contributed by atoms with Crippen LogP contribution in [-0.2, 0) is 14.3 Å². The Kier molecular flexibility index (Phi) is 5.76. The average Bonchev–Trinajstić information content (AvgIpc) is 3.26. The van der Waals surface area contributed by atoms with Gasteiger partial charge in [0.2, 0.25) is 0 Å². The number of epoxide rings is 1. The summed E-state index contributed by atoms with van der Waals surface area (Å²) in [5.41, 5.74) is 0.415. The second-order valence-electron chi connectivity index (χ2n) is 6.51. The molecule has 0 unspecified atom stereocenters. The average molecular weight is 345 g/mol. The minimum atomic E-state index is -0.531. The molecule has 1 aliphatic rings. The van der Waals surface area contributed by atoms with Crippen LogP contribution in [0.2, 0.25) is 10.0 Å². The summed E-state index contributed by atoms with van der Waals surface area (Å²) in [6.45, 7) is 6.94. The molecule has 0 amide bonds. The molecule has 1 fully saturated rings. The van der Waals surface area contributed by atoms with Crippen molar-refractivity contribution >= 4 is 29.2 Å². The van der Waals surface area contributed by atoms with Crippen LogP contribution in [0.3, 0.4) is 0 Å². The van der Waals surface area contributed by atoms with E-state index in [0.717, 1.165) is 12.0 Å². The van der Waals surface area contributed by atoms with E-state index in [1.165, 1.54) is 0 Å². The maximum absolute atomic E-state index is 12.2. The molecule has 0 aromatic heterocycles. The summed E-state index contributed by atoms with van der Waals surface area (Å²) >= 11 is 12.5. The standard InChI is InChI=1S/C17H22Cl2O3/c1-11(15-13(18)5-4-6-14(15)19)7-8-17(2,3)16(20)22-10-12-9-21-12/h4-6,11-12H,7-10H2,1-3H3/t11-,12+/m1/s1. The third-order valence-corrected chi connectivity index (χ3v) is 4.71. The second-order valence-corrected chi connectivity index (χ2v) is 7.33. The third-order valence-electron chi connectivity index (χ3n) is 4.05. The van der Waals surface area contributed by atoms with Crippen molar-refractivity contribution in [2.45, 2.75) is 45.6 Å². The fourth-order valence-electron chi connectivity index (χ4n) is 2.33. The zero-order valence-corrected chi connectivity index (χ0v) is 14.7. The first-order valence-corrected chi connectivity index (χ1v) is 8.29. The predicted molar refractivity (Wildman–Crippen MR) is 88.6 cm³/mol. The highest BCUT2D eigenvalue weighted by Crippen LogP contribution is 2.36. The molecule has 2 atom stereocenters. The molecule has 1 heterocycles. The first-order valence-electron chi connectivity index (χ1n) is 7.54. The molecular weight excluding hydrogens is 323 g/mol. The van der Waals surface area contributed by atoms with Gasteiger partial charge in [0.15, 0.2) is 0 Å². The number of esters is 1. The second kappa shape index (κ2) is 7.20. The maximum Gasteiger partial charge on any atom is 0.311 e. The number of benzene rings is 1. The van der Waals surface area contributed by atoms with Gasteiger partial charge in [0, 0.05) is 10.0 Å². The molecule has 0 saturated carbocycles. The molecule has 0 N–H and O–H groups in total. The van der Waals surface area contributed by atoms with Gasteiger partial charge in [0.05, 0.1) is 12.0 Å². The van der Waals surface area contributed by atoms with Crippen molar-refractivity contribution in [2.75, 3.05) is 13.2 Å². The topological polar surface area (TPSA) is 38.8 Å². The molecule has 0 aliphatic carbocycles. The van der Waals surface area contributed by atoms with Gasteiger partial charge in [-0.25, -0.2) is 0 Å². The van der Waals surface area contributed by atoms with Crippen molar-refractivity contribution in [1.29, 1.82) is 0 Å². The highest BCUT2D eigenvalue weighted by molar-refractivity contribution is 6.36. The van der Waals surface area contributed by atoms with Gasteiger partial charge in [0.1, 0.15) is 12.7 Å². The number of carbonyl (C=O) groups is 1. The summed E-state index contributed by atoms with van der Waals surface area (Å²) in [7, 11) is 0. The van der Waals surface area contributed by atoms with E-state index in [4.69, 9.17) is 32.7 Å². The highest BCUT2D eigenvalue weighted by Gasteiger charge is 2.32. The summed E-state index contributed by atoms with van der Waals surface area (Å²) in [5.74, 6) is 0.000459. The summed E-state index contributed by atoms with van der Waals surface area (Å²) in [6.07, 6.45) is 1.62. The first-order chi connectivity index (χ1) is 10.3. The first kappa shape index (κ1) is 17.6. The minimum Gasteiger partial charge on any atom is -0.462 e. The molecular formula is C17H22Cl2O3. The molecule has 0 spiro atoms. The lowest BCUT2D eigenvalue weighted by molar-refractivity contribution is -0.154. The number of carbonyl (C=O) groups excluding carboxylic acids is 1. The Morgan fingerprint density at radius 3 is 2.55 bits per heavy atom. The number of rotatable bonds is 7. The van der Waals surface area contributed by atoms with Gasteiger partial charge in [-0.1, -0.05) is 36.2 Å². The van der Waals surface area contributed by atoms with Crippen LogP contribution in [0.25, 0.3) is 0 Å². The van der Waals surface area contributed by atoms with Crippen LogP contribution in [-0.4, -0.2) is 25.3 Å². The van der Waals surface area contributed by atoms with E-state index in [1.807, 2.05) is 32.0 Å². The Morgan fingerprint density at radius 1 is 1.41 bits per heavy atom. The number of hydrogen-bond donors (Lipinski definition) is 0. The van der Waals surface area contributed by atoms with Crippen LogP contribution >= 0.6 is 23.2 Å². The fraction of sp³-hybridized carbons (Fsp3) is 0.588. The van der Waals surface area contributed by atoms with Crippen LogP contribution in [0, 0.1) is 5.41 Å². The molecule has 3 nitrogen and oxygen atoms in total. The van der Waals surface area contributed by atoms with Crippen molar-refractivity contribution in [2.24, 2.45) is 5.41 Å². The zero-order chi connectivity index (χ0) is 16.3. The smallest absolute Gasteiger partial charge is 0.311 e. The summed E-state index contributed by atoms with van der Waals surface area (Å²) in [5, 5.41) is 1.34. The molecule has 2 rings (SSSR count). The summed E-state index contributed by atoms with van der Waals surface area (Å²) in [6, 6.07) is 5.52. The van der Waals surface area contributed by atoms with E-state index in [2.05, 4.69) is 6.92 Å². The Bertz CT molecular complexity index is 518. The lowest BCUT2D eigenvalue weighted by atomic mass is 9.83. The lowest BCUT2D eigenvalue weighted by Gasteiger charge is -2.24. The van der Waals surface area contributed by atoms with Crippen molar-refractivity contribution < 1.29 is 14.3 Å². The van der Waals surface area contributed by atoms with Crippen LogP contribution in [0.4, 0.5) is 0 Å². The molecule has 1 aliphatic heterocycles. The monoisotopic (exact) mass is 344 g/mol. The van der Waals surface area contributed by atoms with Gasteiger partial charge in [-0.3, -0.25) is 4.79 Å². The van der Waals surface area contributed by atoms with E-state index in [-0.39, 0.29) is 18.0 Å². The van der Waals surface area contributed by atoms with Gasteiger partial charge in [-0.05, 0) is 50.3 Å². The van der Waals surface area contributed by atoms with Gasteiger partial charge in [-0.2, -0.15) is 0 Å². The predicted octanol–water partition coefficient (Wildman–Crippen LogP) is 4.85. The summed E-state index contributed by atoms with van der Waals surface area (Å²) < 4.78 is 10.3. The van der Waals surface area contributed by atoms with Crippen LogP contribution < -0.4 is 0 Å². The highest BCUT2D eigenvalue weighted by atomic mass is 35.5. The Balaban J connectivity index is 1.90. The Hall–Kier alpha value is -0.770. The lowest BCUT2D eigenvalue weighted by Crippen LogP contribution is -2.28. The maximum atomic E-state index is 12.2. The molecule has 1 aromatic carbocycles. The third kappa shape index (κ3) is 4.61. The van der Waals surface area contributed by atoms with Gasteiger partial charge in [-0.15, -0.1) is 0 Å². The number of ether oxygens (including phenoxy) is 2. The zero-order valence-electron chi connectivity index (χ0n) is 13.2. The Labute approximate surface area is 141 Å². The van der Waals surface area contributed by atoms with Crippen molar-refractivity contribution in [3.05, 3.63) is 33.8 Å². The summed E-state index contributed by atoms with van der Waals surface area (Å²) in [4.78, 5) is 12.2. The molecule has 1 aromatic rings. The molecule has 22 heavy (non-hydrogen) atoms. The Morgan fingerprint density at radius 2 is 2.00 bits per heavy atom. The van der Waals surface area contributed by atoms with E-state index < -0.39 is 5.41 Å². The SMILES string of the molecule is C[C@H](CCC(C)(C)C(=O)OC[C@@H]1CO1)c1c(Cl)cccc1Cl. The number of halogens is 2. The minimum absolute atomic E-state index is 0.0978. The normalized spacial score (nSPS) is 18.9.